The van der Waals surface area contributed by atoms with Crippen LogP contribution in [-0.4, -0.2) is 57.5 Å². The number of aromatic nitrogens is 2. The van der Waals surface area contributed by atoms with Gasteiger partial charge in [0.25, 0.3) is 0 Å². The predicted molar refractivity (Wildman–Crippen MR) is 98.1 cm³/mol. The number of carbonyl (C=O) groups excluding carboxylic acids is 1. The maximum absolute atomic E-state index is 13.0. The van der Waals surface area contributed by atoms with Gasteiger partial charge in [-0.1, -0.05) is 12.8 Å². The summed E-state index contributed by atoms with van der Waals surface area (Å²) in [5.41, 5.74) is 0. The molecular formula is C20H32N4O. The largest absolute Gasteiger partial charge is 0.342 e. The zero-order valence-corrected chi connectivity index (χ0v) is 15.4. The van der Waals surface area contributed by atoms with E-state index in [0.717, 1.165) is 51.5 Å². The first kappa shape index (κ1) is 17.1. The summed E-state index contributed by atoms with van der Waals surface area (Å²) in [5.74, 6) is 1.36. The minimum absolute atomic E-state index is 0.250. The van der Waals surface area contributed by atoms with Crippen molar-refractivity contribution in [3.63, 3.8) is 0 Å². The lowest BCUT2D eigenvalue weighted by Crippen LogP contribution is -2.49. The van der Waals surface area contributed by atoms with E-state index in [4.69, 9.17) is 0 Å². The molecule has 0 bridgehead atoms. The molecule has 3 aliphatic rings. The normalized spacial score (nSPS) is 27.0. The van der Waals surface area contributed by atoms with E-state index in [1.807, 2.05) is 18.7 Å². The van der Waals surface area contributed by atoms with Gasteiger partial charge in [0.2, 0.25) is 5.91 Å². The van der Waals surface area contributed by atoms with Crippen molar-refractivity contribution in [1.82, 2.24) is 19.4 Å². The van der Waals surface area contributed by atoms with Gasteiger partial charge in [0, 0.05) is 44.6 Å². The summed E-state index contributed by atoms with van der Waals surface area (Å²) in [4.78, 5) is 21.9. The Morgan fingerprint density at radius 3 is 2.52 bits per heavy atom. The minimum atomic E-state index is 0.250. The van der Waals surface area contributed by atoms with Gasteiger partial charge in [-0.2, -0.15) is 0 Å². The number of carbonyl (C=O) groups is 1. The van der Waals surface area contributed by atoms with Crippen LogP contribution in [0.5, 0.6) is 0 Å². The molecule has 0 N–H and O–H groups in total. The molecule has 4 rings (SSSR count). The molecule has 1 unspecified atom stereocenters. The van der Waals surface area contributed by atoms with E-state index >= 15 is 0 Å². The van der Waals surface area contributed by atoms with Crippen LogP contribution in [0.25, 0.3) is 0 Å². The molecule has 138 valence electrons. The Hall–Kier alpha value is -1.36. The molecule has 2 aliphatic heterocycles. The second-order valence-electron chi connectivity index (χ2n) is 8.30. The van der Waals surface area contributed by atoms with Crippen LogP contribution in [0.4, 0.5) is 0 Å². The molecule has 5 nitrogen and oxygen atoms in total. The van der Waals surface area contributed by atoms with Crippen LogP contribution < -0.4 is 0 Å². The molecule has 0 aromatic carbocycles. The SMILES string of the molecule is O=C(C1CCCN(C2CCCC2)C1)N1CCC(Cn2ccnc2)CC1. The highest BCUT2D eigenvalue weighted by atomic mass is 16.2. The van der Waals surface area contributed by atoms with Crippen molar-refractivity contribution in [1.29, 1.82) is 0 Å². The Kier molecular flexibility index (Phi) is 5.39. The molecule has 2 saturated heterocycles. The van der Waals surface area contributed by atoms with Crippen molar-refractivity contribution in [2.75, 3.05) is 26.2 Å². The van der Waals surface area contributed by atoms with E-state index in [9.17, 15) is 4.79 Å². The standard InChI is InChI=1S/C20H32N4O/c25-20(18-4-3-10-24(15-18)19-5-1-2-6-19)23-11-7-17(8-12-23)14-22-13-9-21-16-22/h9,13,16-19H,1-8,10-12,14-15H2. The summed E-state index contributed by atoms with van der Waals surface area (Å²) >= 11 is 0. The number of amides is 1. The first-order valence-corrected chi connectivity index (χ1v) is 10.3. The molecule has 3 heterocycles. The second-order valence-corrected chi connectivity index (χ2v) is 8.30. The first-order chi connectivity index (χ1) is 12.3. The fourth-order valence-corrected chi connectivity index (χ4v) is 5.10. The van der Waals surface area contributed by atoms with Gasteiger partial charge in [-0.15, -0.1) is 0 Å². The van der Waals surface area contributed by atoms with E-state index in [2.05, 4.69) is 19.4 Å². The van der Waals surface area contributed by atoms with Gasteiger partial charge in [-0.25, -0.2) is 4.98 Å². The highest BCUT2D eigenvalue weighted by molar-refractivity contribution is 5.79. The molecule has 0 spiro atoms. The lowest BCUT2D eigenvalue weighted by Gasteiger charge is -2.39. The lowest BCUT2D eigenvalue weighted by atomic mass is 9.92. The number of nitrogens with zero attached hydrogens (tertiary/aromatic N) is 4. The summed E-state index contributed by atoms with van der Waals surface area (Å²) in [7, 11) is 0. The van der Waals surface area contributed by atoms with E-state index in [1.54, 1.807) is 0 Å². The summed E-state index contributed by atoms with van der Waals surface area (Å²) < 4.78 is 2.17. The summed E-state index contributed by atoms with van der Waals surface area (Å²) in [6.07, 6.45) is 15.8. The van der Waals surface area contributed by atoms with Crippen LogP contribution >= 0.6 is 0 Å². The third-order valence-corrected chi connectivity index (χ3v) is 6.60. The topological polar surface area (TPSA) is 41.4 Å². The Bertz CT molecular complexity index is 544. The van der Waals surface area contributed by atoms with Crippen molar-refractivity contribution in [2.45, 2.75) is 64.0 Å². The Morgan fingerprint density at radius 1 is 1.00 bits per heavy atom. The highest BCUT2D eigenvalue weighted by Crippen LogP contribution is 2.29. The van der Waals surface area contributed by atoms with Gasteiger partial charge >= 0.3 is 0 Å². The minimum Gasteiger partial charge on any atom is -0.342 e. The number of imidazole rings is 1. The molecule has 1 saturated carbocycles. The molecule has 1 amide bonds. The summed E-state index contributed by atoms with van der Waals surface area (Å²) in [6.45, 7) is 5.15. The maximum atomic E-state index is 13.0. The van der Waals surface area contributed by atoms with Crippen LogP contribution in [0.1, 0.15) is 51.4 Å². The Morgan fingerprint density at radius 2 is 1.80 bits per heavy atom. The highest BCUT2D eigenvalue weighted by Gasteiger charge is 2.34. The predicted octanol–water partition coefficient (Wildman–Crippen LogP) is 2.78. The fraction of sp³-hybridized carbons (Fsp3) is 0.800. The van der Waals surface area contributed by atoms with E-state index in [1.165, 1.54) is 38.6 Å². The van der Waals surface area contributed by atoms with Gasteiger partial charge in [0.15, 0.2) is 0 Å². The molecule has 3 fully saturated rings. The number of rotatable bonds is 4. The van der Waals surface area contributed by atoms with Crippen molar-refractivity contribution >= 4 is 5.91 Å². The molecule has 1 atom stereocenters. The zero-order valence-electron chi connectivity index (χ0n) is 15.4. The van der Waals surface area contributed by atoms with Gasteiger partial charge in [-0.3, -0.25) is 9.69 Å². The van der Waals surface area contributed by atoms with Crippen molar-refractivity contribution in [2.24, 2.45) is 11.8 Å². The van der Waals surface area contributed by atoms with Gasteiger partial charge in [-0.05, 0) is 51.0 Å². The monoisotopic (exact) mass is 344 g/mol. The van der Waals surface area contributed by atoms with Crippen LogP contribution in [0.3, 0.4) is 0 Å². The summed E-state index contributed by atoms with van der Waals surface area (Å²) in [6, 6.07) is 0.761. The van der Waals surface area contributed by atoms with Crippen LogP contribution in [0.15, 0.2) is 18.7 Å². The second kappa shape index (κ2) is 7.90. The van der Waals surface area contributed by atoms with Crippen LogP contribution in [0, 0.1) is 11.8 Å². The number of hydrogen-bond donors (Lipinski definition) is 0. The van der Waals surface area contributed by atoms with E-state index in [-0.39, 0.29) is 5.92 Å². The lowest BCUT2D eigenvalue weighted by molar-refractivity contribution is -0.139. The average Bonchev–Trinajstić information content (AvgIpc) is 3.36. The van der Waals surface area contributed by atoms with E-state index < -0.39 is 0 Å². The van der Waals surface area contributed by atoms with Crippen molar-refractivity contribution in [3.05, 3.63) is 18.7 Å². The molecular weight excluding hydrogens is 312 g/mol. The molecule has 25 heavy (non-hydrogen) atoms. The first-order valence-electron chi connectivity index (χ1n) is 10.3. The maximum Gasteiger partial charge on any atom is 0.226 e. The quantitative estimate of drug-likeness (QED) is 0.843. The number of likely N-dealkylation sites (tertiary alicyclic amines) is 2. The third-order valence-electron chi connectivity index (χ3n) is 6.60. The summed E-state index contributed by atoms with van der Waals surface area (Å²) in [5, 5.41) is 0. The van der Waals surface area contributed by atoms with Crippen molar-refractivity contribution in [3.8, 4) is 0 Å². The molecule has 1 aromatic heterocycles. The average molecular weight is 345 g/mol. The molecule has 1 aromatic rings. The smallest absolute Gasteiger partial charge is 0.226 e. The zero-order chi connectivity index (χ0) is 17.1. The Labute approximate surface area is 151 Å². The van der Waals surface area contributed by atoms with Gasteiger partial charge < -0.3 is 9.47 Å². The van der Waals surface area contributed by atoms with E-state index in [0.29, 0.717) is 11.8 Å². The Balaban J connectivity index is 1.26. The van der Waals surface area contributed by atoms with Crippen LogP contribution in [0.2, 0.25) is 0 Å². The molecule has 1 aliphatic carbocycles. The molecule has 0 radical (unpaired) electrons. The van der Waals surface area contributed by atoms with Crippen molar-refractivity contribution < 1.29 is 4.79 Å². The fourth-order valence-electron chi connectivity index (χ4n) is 5.10. The molecule has 5 heteroatoms. The number of hydrogen-bond acceptors (Lipinski definition) is 3. The third kappa shape index (κ3) is 4.08. The van der Waals surface area contributed by atoms with Crippen LogP contribution in [-0.2, 0) is 11.3 Å². The number of piperidine rings is 2. The van der Waals surface area contributed by atoms with Gasteiger partial charge in [0.05, 0.1) is 12.2 Å². The van der Waals surface area contributed by atoms with Gasteiger partial charge in [0.1, 0.15) is 0 Å².